The lowest BCUT2D eigenvalue weighted by Gasteiger charge is -2.26. The normalized spacial score (nSPS) is 21.1. The summed E-state index contributed by atoms with van der Waals surface area (Å²) in [4.78, 5) is 16.5. The lowest BCUT2D eigenvalue weighted by Crippen LogP contribution is -2.37. The van der Waals surface area contributed by atoms with Crippen LogP contribution in [0.2, 0.25) is 0 Å². The number of nitrogens with zero attached hydrogens (tertiary/aromatic N) is 2. The van der Waals surface area contributed by atoms with Crippen LogP contribution in [0.1, 0.15) is 16.1 Å². The van der Waals surface area contributed by atoms with Gasteiger partial charge in [0.1, 0.15) is 12.0 Å². The van der Waals surface area contributed by atoms with Gasteiger partial charge in [-0.2, -0.15) is 11.8 Å². The van der Waals surface area contributed by atoms with Gasteiger partial charge in [0.25, 0.3) is 5.91 Å². The first-order valence-corrected chi connectivity index (χ1v) is 8.23. The van der Waals surface area contributed by atoms with E-state index in [9.17, 15) is 4.79 Å². The van der Waals surface area contributed by atoms with Crippen LogP contribution in [-0.2, 0) is 11.3 Å². The summed E-state index contributed by atoms with van der Waals surface area (Å²) < 4.78 is 10.9. The molecule has 2 aliphatic rings. The summed E-state index contributed by atoms with van der Waals surface area (Å²) in [5.74, 6) is 3.03. The van der Waals surface area contributed by atoms with Crippen molar-refractivity contribution < 1.29 is 13.9 Å². The predicted octanol–water partition coefficient (Wildman–Crippen LogP) is 1.30. The van der Waals surface area contributed by atoms with Crippen molar-refractivity contribution in [2.24, 2.45) is 0 Å². The van der Waals surface area contributed by atoms with Gasteiger partial charge in [-0.3, -0.25) is 9.69 Å². The second-order valence-electron chi connectivity index (χ2n) is 5.09. The topological polar surface area (TPSA) is 45.9 Å². The van der Waals surface area contributed by atoms with Gasteiger partial charge in [0, 0.05) is 37.7 Å². The molecule has 1 amide bonds. The number of ether oxygens (including phenoxy) is 1. The van der Waals surface area contributed by atoms with E-state index in [4.69, 9.17) is 9.15 Å². The van der Waals surface area contributed by atoms with Crippen LogP contribution in [0.5, 0.6) is 0 Å². The van der Waals surface area contributed by atoms with Crippen molar-refractivity contribution in [2.45, 2.75) is 6.54 Å². The van der Waals surface area contributed by atoms with Crippen LogP contribution >= 0.6 is 11.8 Å². The fourth-order valence-electron chi connectivity index (χ4n) is 2.50. The van der Waals surface area contributed by atoms with E-state index in [-0.39, 0.29) is 5.91 Å². The Labute approximate surface area is 123 Å². The van der Waals surface area contributed by atoms with Crippen LogP contribution < -0.4 is 0 Å². The lowest BCUT2D eigenvalue weighted by atomic mass is 10.2. The van der Waals surface area contributed by atoms with E-state index < -0.39 is 0 Å². The van der Waals surface area contributed by atoms with Crippen LogP contribution in [0.15, 0.2) is 16.7 Å². The predicted molar refractivity (Wildman–Crippen MR) is 78.0 cm³/mol. The number of carbonyl (C=O) groups is 1. The number of morpholine rings is 1. The van der Waals surface area contributed by atoms with Gasteiger partial charge in [0.2, 0.25) is 0 Å². The molecule has 0 spiro atoms. The minimum atomic E-state index is 0.0993. The molecule has 110 valence electrons. The summed E-state index contributed by atoms with van der Waals surface area (Å²) in [6.07, 6.45) is 1.60. The van der Waals surface area contributed by atoms with Crippen LogP contribution in [0.3, 0.4) is 0 Å². The molecule has 0 N–H and O–H groups in total. The molecule has 2 fully saturated rings. The van der Waals surface area contributed by atoms with Gasteiger partial charge in [-0.25, -0.2) is 0 Å². The van der Waals surface area contributed by atoms with Crippen LogP contribution in [0.4, 0.5) is 0 Å². The number of furan rings is 1. The molecular formula is C14H20N2O3S. The minimum absolute atomic E-state index is 0.0993. The Kier molecular flexibility index (Phi) is 4.65. The highest BCUT2D eigenvalue weighted by Gasteiger charge is 2.21. The smallest absolute Gasteiger partial charge is 0.257 e. The van der Waals surface area contributed by atoms with Crippen molar-refractivity contribution in [3.63, 3.8) is 0 Å². The number of rotatable bonds is 3. The van der Waals surface area contributed by atoms with E-state index in [0.29, 0.717) is 5.56 Å². The maximum atomic E-state index is 12.3. The molecule has 0 bridgehead atoms. The molecule has 3 heterocycles. The quantitative estimate of drug-likeness (QED) is 0.841. The average Bonchev–Trinajstić information content (AvgIpc) is 2.97. The third-order valence-electron chi connectivity index (χ3n) is 3.68. The molecule has 0 aromatic carbocycles. The van der Waals surface area contributed by atoms with Crippen molar-refractivity contribution in [1.82, 2.24) is 9.80 Å². The number of hydrogen-bond acceptors (Lipinski definition) is 5. The number of thioether (sulfide) groups is 1. The van der Waals surface area contributed by atoms with Gasteiger partial charge < -0.3 is 14.1 Å². The zero-order chi connectivity index (χ0) is 13.8. The summed E-state index contributed by atoms with van der Waals surface area (Å²) in [7, 11) is 0. The molecule has 0 saturated carbocycles. The van der Waals surface area contributed by atoms with Gasteiger partial charge in [0.05, 0.1) is 25.3 Å². The highest BCUT2D eigenvalue weighted by atomic mass is 32.2. The summed E-state index contributed by atoms with van der Waals surface area (Å²) in [5.41, 5.74) is 0.681. The number of amides is 1. The maximum Gasteiger partial charge on any atom is 0.257 e. The molecule has 2 aliphatic heterocycles. The highest BCUT2D eigenvalue weighted by molar-refractivity contribution is 7.99. The highest BCUT2D eigenvalue weighted by Crippen LogP contribution is 2.16. The van der Waals surface area contributed by atoms with E-state index in [1.807, 2.05) is 22.7 Å². The van der Waals surface area contributed by atoms with Crippen LogP contribution in [0, 0.1) is 0 Å². The third-order valence-corrected chi connectivity index (χ3v) is 4.62. The zero-order valence-electron chi connectivity index (χ0n) is 11.5. The van der Waals surface area contributed by atoms with Crippen molar-refractivity contribution in [1.29, 1.82) is 0 Å². The molecule has 2 saturated heterocycles. The van der Waals surface area contributed by atoms with Crippen molar-refractivity contribution in [3.05, 3.63) is 23.7 Å². The number of hydrogen-bond donors (Lipinski definition) is 0. The van der Waals surface area contributed by atoms with Gasteiger partial charge >= 0.3 is 0 Å². The maximum absolute atomic E-state index is 12.3. The summed E-state index contributed by atoms with van der Waals surface area (Å²) in [6, 6.07) is 1.89. The monoisotopic (exact) mass is 296 g/mol. The van der Waals surface area contributed by atoms with Crippen molar-refractivity contribution in [3.8, 4) is 0 Å². The SMILES string of the molecule is O=C(c1coc(CN2CCOCC2)c1)N1CCSCC1. The Balaban J connectivity index is 1.59. The fourth-order valence-corrected chi connectivity index (χ4v) is 3.41. The first kappa shape index (κ1) is 14.0. The van der Waals surface area contributed by atoms with Gasteiger partial charge in [-0.1, -0.05) is 0 Å². The second-order valence-corrected chi connectivity index (χ2v) is 6.32. The largest absolute Gasteiger partial charge is 0.467 e. The molecule has 0 aliphatic carbocycles. The van der Waals surface area contributed by atoms with Crippen LogP contribution in [0.25, 0.3) is 0 Å². The molecule has 3 rings (SSSR count). The first-order valence-electron chi connectivity index (χ1n) is 7.07. The van der Waals surface area contributed by atoms with E-state index >= 15 is 0 Å². The van der Waals surface area contributed by atoms with Gasteiger partial charge in [-0.05, 0) is 6.07 Å². The standard InChI is InChI=1S/C14H20N2O3S/c17-14(16-3-7-20-8-4-16)12-9-13(19-11-12)10-15-1-5-18-6-2-15/h9,11H,1-8,10H2. The zero-order valence-corrected chi connectivity index (χ0v) is 12.4. The Morgan fingerprint density at radius 3 is 2.70 bits per heavy atom. The molecule has 20 heavy (non-hydrogen) atoms. The summed E-state index contributed by atoms with van der Waals surface area (Å²) in [5, 5.41) is 0. The summed E-state index contributed by atoms with van der Waals surface area (Å²) in [6.45, 7) is 5.84. The molecule has 6 heteroatoms. The van der Waals surface area contributed by atoms with E-state index in [0.717, 1.165) is 63.2 Å². The minimum Gasteiger partial charge on any atom is -0.467 e. The Morgan fingerprint density at radius 1 is 1.20 bits per heavy atom. The third kappa shape index (κ3) is 3.37. The van der Waals surface area contributed by atoms with Gasteiger partial charge in [0.15, 0.2) is 0 Å². The molecule has 0 atom stereocenters. The average molecular weight is 296 g/mol. The van der Waals surface area contributed by atoms with E-state index in [1.165, 1.54) is 0 Å². The molecule has 1 aromatic rings. The molecule has 1 aromatic heterocycles. The summed E-state index contributed by atoms with van der Waals surface area (Å²) >= 11 is 1.90. The van der Waals surface area contributed by atoms with Crippen molar-refractivity contribution in [2.75, 3.05) is 50.9 Å². The fraction of sp³-hybridized carbons (Fsp3) is 0.643. The van der Waals surface area contributed by atoms with Gasteiger partial charge in [-0.15, -0.1) is 0 Å². The van der Waals surface area contributed by atoms with Crippen LogP contribution in [-0.4, -0.2) is 66.6 Å². The molecular weight excluding hydrogens is 276 g/mol. The lowest BCUT2D eigenvalue weighted by molar-refractivity contribution is 0.0313. The Morgan fingerprint density at radius 2 is 1.95 bits per heavy atom. The molecule has 0 unspecified atom stereocenters. The van der Waals surface area contributed by atoms with E-state index in [1.54, 1.807) is 6.26 Å². The Hall–Kier alpha value is -0.980. The van der Waals surface area contributed by atoms with Crippen molar-refractivity contribution >= 4 is 17.7 Å². The first-order chi connectivity index (χ1) is 9.83. The Bertz CT molecular complexity index is 451. The number of carbonyl (C=O) groups excluding carboxylic acids is 1. The second kappa shape index (κ2) is 6.65. The molecule has 0 radical (unpaired) electrons. The van der Waals surface area contributed by atoms with E-state index in [2.05, 4.69) is 4.90 Å². The molecule has 5 nitrogen and oxygen atoms in total.